The van der Waals surface area contributed by atoms with Gasteiger partial charge in [-0.05, 0) is 6.92 Å². The lowest BCUT2D eigenvalue weighted by atomic mass is 10.3. The van der Waals surface area contributed by atoms with E-state index in [4.69, 9.17) is 9.84 Å². The summed E-state index contributed by atoms with van der Waals surface area (Å²) in [4.78, 5) is 28.2. The van der Waals surface area contributed by atoms with E-state index in [1.165, 1.54) is 0 Å². The van der Waals surface area contributed by atoms with Gasteiger partial charge in [0.25, 0.3) is 0 Å². The van der Waals surface area contributed by atoms with Crippen LogP contribution in [0.5, 0.6) is 0 Å². The molecule has 1 aliphatic rings. The average Bonchev–Trinajstić information content (AvgIpc) is 2.45. The van der Waals surface area contributed by atoms with Crippen molar-refractivity contribution in [2.24, 2.45) is 0 Å². The Morgan fingerprint density at radius 2 is 1.90 bits per heavy atom. The van der Waals surface area contributed by atoms with Crippen molar-refractivity contribution in [3.05, 3.63) is 0 Å². The Balaban J connectivity index is 2.26. The van der Waals surface area contributed by atoms with Crippen LogP contribution in [-0.2, 0) is 9.53 Å². The van der Waals surface area contributed by atoms with Gasteiger partial charge in [0.05, 0.1) is 13.0 Å². The molecule has 0 bridgehead atoms. The summed E-state index contributed by atoms with van der Waals surface area (Å²) in [5.41, 5.74) is 0. The highest BCUT2D eigenvalue weighted by atomic mass is 16.5. The number of likely N-dealkylation sites (N-methyl/N-ethyl adjacent to an activating group) is 1. The van der Waals surface area contributed by atoms with Gasteiger partial charge in [0.15, 0.2) is 0 Å². The molecule has 0 saturated carbocycles. The van der Waals surface area contributed by atoms with Crippen LogP contribution in [0.15, 0.2) is 0 Å². The zero-order valence-corrected chi connectivity index (χ0v) is 12.4. The summed E-state index contributed by atoms with van der Waals surface area (Å²) >= 11 is 0. The summed E-state index contributed by atoms with van der Waals surface area (Å²) in [5.74, 6) is -0.779. The first-order chi connectivity index (χ1) is 9.54. The third kappa shape index (κ3) is 5.75. The van der Waals surface area contributed by atoms with Crippen LogP contribution in [0.4, 0.5) is 4.79 Å². The van der Waals surface area contributed by atoms with E-state index < -0.39 is 5.97 Å². The molecule has 7 heteroatoms. The number of aliphatic carboxylic acids is 1. The van der Waals surface area contributed by atoms with E-state index in [9.17, 15) is 9.59 Å². The summed E-state index contributed by atoms with van der Waals surface area (Å²) in [7, 11) is 1.78. The van der Waals surface area contributed by atoms with Crippen molar-refractivity contribution in [1.29, 1.82) is 0 Å². The van der Waals surface area contributed by atoms with Gasteiger partial charge in [0.2, 0.25) is 0 Å². The molecule has 1 saturated heterocycles. The van der Waals surface area contributed by atoms with E-state index in [1.807, 2.05) is 11.8 Å². The molecule has 1 rings (SSSR count). The van der Waals surface area contributed by atoms with Crippen LogP contribution in [0.3, 0.4) is 0 Å². The highest BCUT2D eigenvalue weighted by molar-refractivity contribution is 5.74. The maximum absolute atomic E-state index is 12.1. The molecular formula is C13H25N3O4. The fraction of sp³-hybridized carbons (Fsp3) is 0.846. The molecule has 116 valence electrons. The zero-order chi connectivity index (χ0) is 15.0. The number of hydrogen-bond acceptors (Lipinski definition) is 4. The molecule has 1 N–H and O–H groups in total. The maximum atomic E-state index is 12.1. The van der Waals surface area contributed by atoms with E-state index in [-0.39, 0.29) is 12.5 Å². The minimum atomic E-state index is -0.779. The Kier molecular flexibility index (Phi) is 7.32. The number of rotatable bonds is 7. The molecule has 0 aliphatic carbocycles. The topological polar surface area (TPSA) is 73.3 Å². The van der Waals surface area contributed by atoms with Crippen LogP contribution >= 0.6 is 0 Å². The summed E-state index contributed by atoms with van der Waals surface area (Å²) in [6, 6.07) is 0.0163. The number of amides is 2. The van der Waals surface area contributed by atoms with Crippen molar-refractivity contribution in [2.45, 2.75) is 13.3 Å². The lowest BCUT2D eigenvalue weighted by molar-refractivity contribution is -0.137. The van der Waals surface area contributed by atoms with E-state index in [2.05, 4.69) is 4.90 Å². The van der Waals surface area contributed by atoms with Gasteiger partial charge >= 0.3 is 12.0 Å². The highest BCUT2D eigenvalue weighted by Gasteiger charge is 2.23. The molecule has 0 radical (unpaired) electrons. The van der Waals surface area contributed by atoms with Gasteiger partial charge in [-0.1, -0.05) is 0 Å². The van der Waals surface area contributed by atoms with E-state index in [0.717, 1.165) is 13.1 Å². The summed E-state index contributed by atoms with van der Waals surface area (Å²) in [6.07, 6.45) is 0.155. The van der Waals surface area contributed by atoms with Crippen molar-refractivity contribution in [1.82, 2.24) is 14.7 Å². The molecule has 20 heavy (non-hydrogen) atoms. The third-order valence-corrected chi connectivity index (χ3v) is 3.39. The number of urea groups is 1. The molecule has 1 fully saturated rings. The molecule has 7 nitrogen and oxygen atoms in total. The third-order valence-electron chi connectivity index (χ3n) is 3.39. The predicted molar refractivity (Wildman–Crippen MR) is 74.8 cm³/mol. The number of carbonyl (C=O) groups is 2. The number of carboxylic acids is 1. The maximum Gasteiger partial charge on any atom is 0.319 e. The van der Waals surface area contributed by atoms with Crippen molar-refractivity contribution in [2.75, 3.05) is 59.5 Å². The van der Waals surface area contributed by atoms with E-state index in [1.54, 1.807) is 11.9 Å². The summed E-state index contributed by atoms with van der Waals surface area (Å²) in [5, 5.41) is 8.65. The second-order valence-corrected chi connectivity index (χ2v) is 4.87. The standard InChI is InChI=1S/C13H25N3O4/c1-3-20-11-10-14(2)13(19)16-8-6-15(7-9-16)5-4-12(17)18/h3-11H2,1-2H3,(H,17,18). The molecule has 0 spiro atoms. The van der Waals surface area contributed by atoms with Crippen LogP contribution in [0, 0.1) is 0 Å². The van der Waals surface area contributed by atoms with Gasteiger partial charge in [-0.3, -0.25) is 9.69 Å². The Morgan fingerprint density at radius 1 is 1.25 bits per heavy atom. The van der Waals surface area contributed by atoms with Gasteiger partial charge in [0.1, 0.15) is 0 Å². The fourth-order valence-electron chi connectivity index (χ4n) is 2.10. The number of carbonyl (C=O) groups excluding carboxylic acids is 1. The molecule has 0 unspecified atom stereocenters. The SMILES string of the molecule is CCOCCN(C)C(=O)N1CCN(CCC(=O)O)CC1. The number of nitrogens with zero attached hydrogens (tertiary/aromatic N) is 3. The zero-order valence-electron chi connectivity index (χ0n) is 12.4. The molecule has 2 amide bonds. The van der Waals surface area contributed by atoms with Gasteiger partial charge in [-0.25, -0.2) is 4.79 Å². The van der Waals surface area contributed by atoms with E-state index in [0.29, 0.717) is 39.4 Å². The molecule has 1 aliphatic heterocycles. The fourth-order valence-corrected chi connectivity index (χ4v) is 2.10. The number of ether oxygens (including phenoxy) is 1. The minimum absolute atomic E-state index is 0.0163. The van der Waals surface area contributed by atoms with E-state index >= 15 is 0 Å². The molecule has 0 aromatic carbocycles. The quantitative estimate of drug-likeness (QED) is 0.676. The average molecular weight is 287 g/mol. The lowest BCUT2D eigenvalue weighted by Crippen LogP contribution is -2.52. The van der Waals surface area contributed by atoms with Gasteiger partial charge < -0.3 is 19.6 Å². The molecule has 0 aromatic rings. The number of hydrogen-bond donors (Lipinski definition) is 1. The predicted octanol–water partition coefficient (Wildman–Crippen LogP) is 0.167. The Morgan fingerprint density at radius 3 is 2.45 bits per heavy atom. The molecule has 0 aromatic heterocycles. The first-order valence-corrected chi connectivity index (χ1v) is 7.06. The van der Waals surface area contributed by atoms with Crippen molar-refractivity contribution in [3.8, 4) is 0 Å². The smallest absolute Gasteiger partial charge is 0.319 e. The van der Waals surface area contributed by atoms with Gasteiger partial charge in [-0.2, -0.15) is 0 Å². The van der Waals surface area contributed by atoms with Crippen LogP contribution in [0.1, 0.15) is 13.3 Å². The highest BCUT2D eigenvalue weighted by Crippen LogP contribution is 2.05. The first kappa shape index (κ1) is 16.7. The van der Waals surface area contributed by atoms with Crippen molar-refractivity contribution < 1.29 is 19.4 Å². The largest absolute Gasteiger partial charge is 0.481 e. The first-order valence-electron chi connectivity index (χ1n) is 7.06. The number of piperazine rings is 1. The molecule has 0 atom stereocenters. The monoisotopic (exact) mass is 287 g/mol. The van der Waals surface area contributed by atoms with Crippen LogP contribution in [0.2, 0.25) is 0 Å². The Labute approximate surface area is 120 Å². The molecule has 1 heterocycles. The minimum Gasteiger partial charge on any atom is -0.481 e. The summed E-state index contributed by atoms with van der Waals surface area (Å²) < 4.78 is 5.24. The van der Waals surface area contributed by atoms with Crippen LogP contribution in [0.25, 0.3) is 0 Å². The summed E-state index contributed by atoms with van der Waals surface area (Å²) in [6.45, 7) is 7.05. The Bertz CT molecular complexity index is 317. The second kappa shape index (κ2) is 8.76. The molecular weight excluding hydrogens is 262 g/mol. The Hall–Kier alpha value is -1.34. The van der Waals surface area contributed by atoms with Crippen LogP contribution in [-0.4, -0.2) is 91.3 Å². The second-order valence-electron chi connectivity index (χ2n) is 4.87. The lowest BCUT2D eigenvalue weighted by Gasteiger charge is -2.36. The van der Waals surface area contributed by atoms with Crippen molar-refractivity contribution >= 4 is 12.0 Å². The number of carboxylic acid groups (broad SMARTS) is 1. The normalized spacial score (nSPS) is 16.2. The van der Waals surface area contributed by atoms with Gasteiger partial charge in [0, 0.05) is 52.9 Å². The van der Waals surface area contributed by atoms with Gasteiger partial charge in [-0.15, -0.1) is 0 Å². The van der Waals surface area contributed by atoms with Crippen LogP contribution < -0.4 is 0 Å². The van der Waals surface area contributed by atoms with Crippen molar-refractivity contribution in [3.63, 3.8) is 0 Å².